The molecule has 1 atom stereocenters. The number of nitriles is 1. The lowest BCUT2D eigenvalue weighted by atomic mass is 9.98. The summed E-state index contributed by atoms with van der Waals surface area (Å²) < 4.78 is 5.46. The van der Waals surface area contributed by atoms with E-state index in [1.54, 1.807) is 7.11 Å². The standard InChI is InChI=1S/C15H20N2O/c1-12-6-7-15(18-2)14(11-12)17-10-4-3-5-13(17)8-9-16/h6-7,11,13H,3-5,8,10H2,1-2H3. The normalized spacial score (nSPS) is 19.4. The summed E-state index contributed by atoms with van der Waals surface area (Å²) in [6.45, 7) is 3.11. The molecular weight excluding hydrogens is 224 g/mol. The second kappa shape index (κ2) is 5.77. The predicted octanol–water partition coefficient (Wildman–Crippen LogP) is 3.28. The zero-order chi connectivity index (χ0) is 13.0. The first-order chi connectivity index (χ1) is 8.76. The van der Waals surface area contributed by atoms with Crippen molar-refractivity contribution in [3.8, 4) is 11.8 Å². The van der Waals surface area contributed by atoms with Crippen molar-refractivity contribution in [2.24, 2.45) is 0 Å². The van der Waals surface area contributed by atoms with Gasteiger partial charge in [0.15, 0.2) is 0 Å². The molecule has 0 bridgehead atoms. The van der Waals surface area contributed by atoms with Gasteiger partial charge in [-0.25, -0.2) is 0 Å². The van der Waals surface area contributed by atoms with Gasteiger partial charge in [0.2, 0.25) is 0 Å². The maximum absolute atomic E-state index is 8.96. The van der Waals surface area contributed by atoms with Crippen LogP contribution in [0.15, 0.2) is 18.2 Å². The minimum Gasteiger partial charge on any atom is -0.495 e. The van der Waals surface area contributed by atoms with E-state index in [4.69, 9.17) is 10.00 Å². The topological polar surface area (TPSA) is 36.3 Å². The highest BCUT2D eigenvalue weighted by molar-refractivity contribution is 5.61. The molecule has 0 saturated carbocycles. The summed E-state index contributed by atoms with van der Waals surface area (Å²) in [6.07, 6.45) is 4.11. The van der Waals surface area contributed by atoms with Crippen molar-refractivity contribution in [1.82, 2.24) is 0 Å². The minimum atomic E-state index is 0.333. The number of benzene rings is 1. The van der Waals surface area contributed by atoms with E-state index in [0.29, 0.717) is 12.5 Å². The molecule has 0 aromatic heterocycles. The highest BCUT2D eigenvalue weighted by atomic mass is 16.5. The smallest absolute Gasteiger partial charge is 0.142 e. The summed E-state index contributed by atoms with van der Waals surface area (Å²) in [5.41, 5.74) is 2.37. The lowest BCUT2D eigenvalue weighted by molar-refractivity contribution is 0.405. The summed E-state index contributed by atoms with van der Waals surface area (Å²) in [6, 6.07) is 8.88. The molecule has 1 unspecified atom stereocenters. The van der Waals surface area contributed by atoms with Crippen molar-refractivity contribution >= 4 is 5.69 Å². The molecule has 0 amide bonds. The molecule has 1 aromatic rings. The lowest BCUT2D eigenvalue weighted by Crippen LogP contribution is -2.39. The number of anilines is 1. The van der Waals surface area contributed by atoms with Crippen LogP contribution in [0.5, 0.6) is 5.75 Å². The molecule has 0 radical (unpaired) electrons. The second-order valence-corrected chi connectivity index (χ2v) is 4.88. The van der Waals surface area contributed by atoms with E-state index in [1.165, 1.54) is 18.4 Å². The fraction of sp³-hybridized carbons (Fsp3) is 0.533. The van der Waals surface area contributed by atoms with Gasteiger partial charge in [-0.1, -0.05) is 6.07 Å². The number of aryl methyl sites for hydroxylation is 1. The first-order valence-corrected chi connectivity index (χ1v) is 6.54. The van der Waals surface area contributed by atoms with Crippen LogP contribution in [0.3, 0.4) is 0 Å². The summed E-state index contributed by atoms with van der Waals surface area (Å²) in [5.74, 6) is 0.908. The molecule has 1 fully saturated rings. The average Bonchev–Trinajstić information content (AvgIpc) is 2.40. The van der Waals surface area contributed by atoms with Gasteiger partial charge in [0.25, 0.3) is 0 Å². The number of methoxy groups -OCH3 is 1. The minimum absolute atomic E-state index is 0.333. The molecule has 18 heavy (non-hydrogen) atoms. The Labute approximate surface area is 109 Å². The average molecular weight is 244 g/mol. The van der Waals surface area contributed by atoms with Gasteiger partial charge in [-0.2, -0.15) is 5.26 Å². The van der Waals surface area contributed by atoms with E-state index in [2.05, 4.69) is 30.0 Å². The van der Waals surface area contributed by atoms with Crippen molar-refractivity contribution in [1.29, 1.82) is 5.26 Å². The zero-order valence-electron chi connectivity index (χ0n) is 11.1. The highest BCUT2D eigenvalue weighted by Crippen LogP contribution is 2.34. The second-order valence-electron chi connectivity index (χ2n) is 4.88. The first-order valence-electron chi connectivity index (χ1n) is 6.54. The van der Waals surface area contributed by atoms with E-state index >= 15 is 0 Å². The van der Waals surface area contributed by atoms with Crippen molar-refractivity contribution in [2.45, 2.75) is 38.6 Å². The monoisotopic (exact) mass is 244 g/mol. The lowest BCUT2D eigenvalue weighted by Gasteiger charge is -2.37. The first kappa shape index (κ1) is 12.8. The SMILES string of the molecule is COc1ccc(C)cc1N1CCCCC1CC#N. The van der Waals surface area contributed by atoms with Crippen molar-refractivity contribution in [2.75, 3.05) is 18.6 Å². The Balaban J connectivity index is 2.32. The molecule has 0 N–H and O–H groups in total. The number of nitrogens with zero attached hydrogens (tertiary/aromatic N) is 2. The summed E-state index contributed by atoms with van der Waals surface area (Å²) in [7, 11) is 1.71. The molecule has 1 heterocycles. The fourth-order valence-electron chi connectivity index (χ4n) is 2.66. The van der Waals surface area contributed by atoms with Crippen molar-refractivity contribution in [3.05, 3.63) is 23.8 Å². The molecule has 1 aromatic carbocycles. The maximum Gasteiger partial charge on any atom is 0.142 e. The van der Waals surface area contributed by atoms with Gasteiger partial charge in [0.05, 0.1) is 25.3 Å². The van der Waals surface area contributed by atoms with Crippen LogP contribution < -0.4 is 9.64 Å². The zero-order valence-corrected chi connectivity index (χ0v) is 11.1. The number of ether oxygens (including phenoxy) is 1. The molecule has 96 valence electrons. The summed E-state index contributed by atoms with van der Waals surface area (Å²) in [4.78, 5) is 2.35. The van der Waals surface area contributed by atoms with Crippen LogP contribution in [0.25, 0.3) is 0 Å². The molecule has 2 rings (SSSR count). The molecule has 1 aliphatic rings. The van der Waals surface area contributed by atoms with Crippen LogP contribution in [-0.4, -0.2) is 19.7 Å². The summed E-state index contributed by atoms with van der Waals surface area (Å²) >= 11 is 0. The van der Waals surface area contributed by atoms with Gasteiger partial charge in [-0.3, -0.25) is 0 Å². The number of hydrogen-bond donors (Lipinski definition) is 0. The van der Waals surface area contributed by atoms with Crippen LogP contribution in [0.4, 0.5) is 5.69 Å². The van der Waals surface area contributed by atoms with Gasteiger partial charge < -0.3 is 9.64 Å². The highest BCUT2D eigenvalue weighted by Gasteiger charge is 2.24. The third-order valence-electron chi connectivity index (χ3n) is 3.60. The maximum atomic E-state index is 8.96. The van der Waals surface area contributed by atoms with Crippen molar-refractivity contribution in [3.63, 3.8) is 0 Å². The van der Waals surface area contributed by atoms with Gasteiger partial charge in [0, 0.05) is 12.6 Å². The summed E-state index contributed by atoms with van der Waals surface area (Å²) in [5, 5.41) is 8.96. The van der Waals surface area contributed by atoms with Crippen LogP contribution in [0, 0.1) is 18.3 Å². The van der Waals surface area contributed by atoms with Crippen LogP contribution in [0.2, 0.25) is 0 Å². The Bertz CT molecular complexity index is 450. The third kappa shape index (κ3) is 2.59. The van der Waals surface area contributed by atoms with Gasteiger partial charge >= 0.3 is 0 Å². The Morgan fingerprint density at radius 1 is 1.44 bits per heavy atom. The predicted molar refractivity (Wildman–Crippen MR) is 72.9 cm³/mol. The van der Waals surface area contributed by atoms with Crippen LogP contribution in [-0.2, 0) is 0 Å². The Morgan fingerprint density at radius 3 is 3.00 bits per heavy atom. The Hall–Kier alpha value is -1.69. The van der Waals surface area contributed by atoms with Gasteiger partial charge in [-0.15, -0.1) is 0 Å². The van der Waals surface area contributed by atoms with Crippen LogP contribution in [0.1, 0.15) is 31.2 Å². The molecule has 0 spiro atoms. The van der Waals surface area contributed by atoms with E-state index < -0.39 is 0 Å². The van der Waals surface area contributed by atoms with E-state index in [9.17, 15) is 0 Å². The molecule has 0 aliphatic carbocycles. The largest absolute Gasteiger partial charge is 0.495 e. The third-order valence-corrected chi connectivity index (χ3v) is 3.60. The van der Waals surface area contributed by atoms with E-state index in [1.807, 2.05) is 6.07 Å². The molecular formula is C15H20N2O. The Kier molecular flexibility index (Phi) is 4.09. The molecule has 1 aliphatic heterocycles. The number of hydrogen-bond acceptors (Lipinski definition) is 3. The molecule has 3 nitrogen and oxygen atoms in total. The van der Waals surface area contributed by atoms with Gasteiger partial charge in [-0.05, 0) is 43.9 Å². The quantitative estimate of drug-likeness (QED) is 0.818. The number of piperidine rings is 1. The van der Waals surface area contributed by atoms with Crippen LogP contribution >= 0.6 is 0 Å². The van der Waals surface area contributed by atoms with E-state index in [-0.39, 0.29) is 0 Å². The van der Waals surface area contributed by atoms with Gasteiger partial charge in [0.1, 0.15) is 5.75 Å². The van der Waals surface area contributed by atoms with Crippen molar-refractivity contribution < 1.29 is 4.74 Å². The molecule has 3 heteroatoms. The fourth-order valence-corrected chi connectivity index (χ4v) is 2.66. The Morgan fingerprint density at radius 2 is 2.28 bits per heavy atom. The number of rotatable bonds is 3. The van der Waals surface area contributed by atoms with E-state index in [0.717, 1.165) is 24.4 Å². The molecule has 1 saturated heterocycles.